The summed E-state index contributed by atoms with van der Waals surface area (Å²) >= 11 is 0. The fourth-order valence-corrected chi connectivity index (χ4v) is 4.58. The maximum Gasteiger partial charge on any atom is 0.187 e. The molecule has 0 aromatic heterocycles. The van der Waals surface area contributed by atoms with Crippen LogP contribution in [0.15, 0.2) is 0 Å². The first-order valence-electron chi connectivity index (χ1n) is 13.3. The molecule has 10 N–H and O–H groups in total. The van der Waals surface area contributed by atoms with Crippen LogP contribution in [-0.4, -0.2) is 168 Å². The van der Waals surface area contributed by atoms with Crippen LogP contribution in [0, 0.1) is 0 Å². The predicted octanol–water partition coefficient (Wildman–Crippen LogP) is -4.97. The van der Waals surface area contributed by atoms with Gasteiger partial charge in [-0.2, -0.15) is 0 Å². The zero-order valence-electron chi connectivity index (χ0n) is 22.8. The Kier molecular flexibility index (Phi) is 11.7. The van der Waals surface area contributed by atoms with E-state index in [1.165, 1.54) is 20.8 Å². The van der Waals surface area contributed by atoms with E-state index < -0.39 is 117 Å². The second-order valence-corrected chi connectivity index (χ2v) is 11.0. The van der Waals surface area contributed by atoms with Crippen LogP contribution in [0.3, 0.4) is 0 Å². The molecule has 236 valence electrons. The van der Waals surface area contributed by atoms with E-state index in [4.69, 9.17) is 28.4 Å². The predicted molar refractivity (Wildman–Crippen MR) is 129 cm³/mol. The van der Waals surface area contributed by atoms with E-state index >= 15 is 0 Å². The fourth-order valence-electron chi connectivity index (χ4n) is 4.58. The third kappa shape index (κ3) is 7.28. The van der Waals surface area contributed by atoms with Gasteiger partial charge in [-0.3, -0.25) is 0 Å². The molecule has 3 heterocycles. The summed E-state index contributed by atoms with van der Waals surface area (Å²) in [4.78, 5) is 0. The van der Waals surface area contributed by atoms with Gasteiger partial charge < -0.3 is 79.5 Å². The van der Waals surface area contributed by atoms with E-state index in [9.17, 15) is 51.1 Å². The molecule has 0 aliphatic carbocycles. The largest absolute Gasteiger partial charge is 0.394 e. The quantitative estimate of drug-likeness (QED) is 0.115. The summed E-state index contributed by atoms with van der Waals surface area (Å²) in [5, 5.41) is 103. The highest BCUT2D eigenvalue weighted by Gasteiger charge is 2.52. The van der Waals surface area contributed by atoms with E-state index in [1.54, 1.807) is 6.92 Å². The maximum atomic E-state index is 11.0. The molecule has 16 nitrogen and oxygen atoms in total. The summed E-state index contributed by atoms with van der Waals surface area (Å²) in [6, 6.07) is 0. The minimum atomic E-state index is -1.83. The Morgan fingerprint density at radius 1 is 0.675 bits per heavy atom. The molecule has 0 aromatic carbocycles. The minimum Gasteiger partial charge on any atom is -0.394 e. The molecule has 0 unspecified atom stereocenters. The van der Waals surface area contributed by atoms with Crippen LogP contribution in [0.25, 0.3) is 0 Å². The van der Waals surface area contributed by atoms with Crippen molar-refractivity contribution in [2.24, 2.45) is 0 Å². The molecule has 0 radical (unpaired) electrons. The third-order valence-electron chi connectivity index (χ3n) is 7.61. The molecule has 3 aliphatic rings. The van der Waals surface area contributed by atoms with E-state index in [2.05, 4.69) is 0 Å². The molecule has 3 saturated heterocycles. The maximum absolute atomic E-state index is 11.0. The standard InChI is InChI=1S/C24H44O16/c1-5-9-12(26)15(29)18(32)21(37-9)35-7-11-14(28)17(31)20(23(39-11)36-8(2)24(3,4)34)40-22-19(33)16(30)13(27)10(6-25)38-22/h8-23,25-34H,5-7H2,1-4H3/t8-,9-,10+,11-,12-,13+,14-,15+,16-,17+,18-,19+,20-,21+,22-,23-/m1/s1. The summed E-state index contributed by atoms with van der Waals surface area (Å²) in [6.07, 6.45) is -23.7. The van der Waals surface area contributed by atoms with Crippen LogP contribution in [0.2, 0.25) is 0 Å². The molecule has 3 aliphatic heterocycles. The van der Waals surface area contributed by atoms with Crippen LogP contribution in [0.1, 0.15) is 34.1 Å². The van der Waals surface area contributed by atoms with Crippen LogP contribution < -0.4 is 0 Å². The Hall–Kier alpha value is -0.640. The number of ether oxygens (including phenoxy) is 6. The highest BCUT2D eigenvalue weighted by molar-refractivity contribution is 4.95. The fraction of sp³-hybridized carbons (Fsp3) is 1.00. The van der Waals surface area contributed by atoms with Gasteiger partial charge in [0.25, 0.3) is 0 Å². The van der Waals surface area contributed by atoms with Crippen LogP contribution in [-0.2, 0) is 28.4 Å². The van der Waals surface area contributed by atoms with Gasteiger partial charge in [0.1, 0.15) is 67.1 Å². The molecule has 0 spiro atoms. The van der Waals surface area contributed by atoms with Crippen molar-refractivity contribution in [3.05, 3.63) is 0 Å². The van der Waals surface area contributed by atoms with Gasteiger partial charge in [-0.1, -0.05) is 6.92 Å². The lowest BCUT2D eigenvalue weighted by atomic mass is 9.96. The summed E-state index contributed by atoms with van der Waals surface area (Å²) in [6.45, 7) is 4.87. The SMILES string of the molecule is CC[C@H]1O[C@H](OC[C@H]2O[C@@H](O[C@H](C)C(C)(C)O)[C@H](O[C@H]3O[C@@H](CO)[C@H](O)[C@@H](O)[C@@H]3O)[C@@H](O)[C@@H]2O)[C@H](O)[C@@H](O)[C@@H]1O. The Labute approximate surface area is 231 Å². The van der Waals surface area contributed by atoms with Crippen molar-refractivity contribution < 1.29 is 79.5 Å². The summed E-state index contributed by atoms with van der Waals surface area (Å²) in [5.41, 5.74) is -1.41. The van der Waals surface area contributed by atoms with Crippen LogP contribution in [0.4, 0.5) is 0 Å². The zero-order valence-corrected chi connectivity index (χ0v) is 22.8. The monoisotopic (exact) mass is 588 g/mol. The third-order valence-corrected chi connectivity index (χ3v) is 7.61. The van der Waals surface area contributed by atoms with Gasteiger partial charge in [0.2, 0.25) is 0 Å². The average Bonchev–Trinajstić information content (AvgIpc) is 2.90. The molecule has 3 rings (SSSR count). The first-order chi connectivity index (χ1) is 18.6. The van der Waals surface area contributed by atoms with Crippen molar-refractivity contribution in [3.63, 3.8) is 0 Å². The Bertz CT molecular complexity index is 776. The van der Waals surface area contributed by atoms with Crippen molar-refractivity contribution in [1.29, 1.82) is 0 Å². The molecule has 3 fully saturated rings. The highest BCUT2D eigenvalue weighted by Crippen LogP contribution is 2.32. The van der Waals surface area contributed by atoms with Gasteiger partial charge in [0.15, 0.2) is 18.9 Å². The molecule has 40 heavy (non-hydrogen) atoms. The molecule has 0 aromatic rings. The van der Waals surface area contributed by atoms with Gasteiger partial charge in [-0.25, -0.2) is 0 Å². The van der Waals surface area contributed by atoms with Gasteiger partial charge in [0, 0.05) is 0 Å². The topological polar surface area (TPSA) is 258 Å². The first-order valence-corrected chi connectivity index (χ1v) is 13.3. The van der Waals surface area contributed by atoms with Crippen molar-refractivity contribution >= 4 is 0 Å². The average molecular weight is 589 g/mol. The molecular weight excluding hydrogens is 544 g/mol. The van der Waals surface area contributed by atoms with E-state index in [0.717, 1.165) is 0 Å². The van der Waals surface area contributed by atoms with E-state index in [0.29, 0.717) is 6.42 Å². The lowest BCUT2D eigenvalue weighted by Gasteiger charge is -2.47. The summed E-state index contributed by atoms with van der Waals surface area (Å²) in [7, 11) is 0. The molecule has 0 saturated carbocycles. The highest BCUT2D eigenvalue weighted by atomic mass is 16.8. The van der Waals surface area contributed by atoms with E-state index in [1.807, 2.05) is 0 Å². The number of aliphatic hydroxyl groups is 10. The van der Waals surface area contributed by atoms with Crippen LogP contribution >= 0.6 is 0 Å². The van der Waals surface area contributed by atoms with Crippen molar-refractivity contribution in [3.8, 4) is 0 Å². The first kappa shape index (κ1) is 33.9. The molecule has 0 amide bonds. The van der Waals surface area contributed by atoms with Gasteiger partial charge in [0.05, 0.1) is 31.0 Å². The summed E-state index contributed by atoms with van der Waals surface area (Å²) in [5.74, 6) is 0. The lowest BCUT2D eigenvalue weighted by Crippen LogP contribution is -2.65. The van der Waals surface area contributed by atoms with Crippen LogP contribution in [0.5, 0.6) is 0 Å². The molecule has 16 atom stereocenters. The number of aliphatic hydroxyl groups excluding tert-OH is 9. The zero-order chi connectivity index (χ0) is 30.1. The smallest absolute Gasteiger partial charge is 0.187 e. The second-order valence-electron chi connectivity index (χ2n) is 11.0. The van der Waals surface area contributed by atoms with E-state index in [-0.39, 0.29) is 0 Å². The molecule has 0 bridgehead atoms. The Morgan fingerprint density at radius 2 is 1.18 bits per heavy atom. The van der Waals surface area contributed by atoms with Crippen molar-refractivity contribution in [1.82, 2.24) is 0 Å². The molecule has 16 heteroatoms. The minimum absolute atomic E-state index is 0.299. The van der Waals surface area contributed by atoms with Gasteiger partial charge in [-0.05, 0) is 27.2 Å². The van der Waals surface area contributed by atoms with Crippen molar-refractivity contribution in [2.45, 2.75) is 138 Å². The number of hydrogen-bond donors (Lipinski definition) is 10. The van der Waals surface area contributed by atoms with Crippen molar-refractivity contribution in [2.75, 3.05) is 13.2 Å². The lowest BCUT2D eigenvalue weighted by molar-refractivity contribution is -0.379. The van der Waals surface area contributed by atoms with Gasteiger partial charge in [-0.15, -0.1) is 0 Å². The second kappa shape index (κ2) is 13.8. The summed E-state index contributed by atoms with van der Waals surface area (Å²) < 4.78 is 33.7. The number of hydrogen-bond acceptors (Lipinski definition) is 16. The Balaban J connectivity index is 1.77. The normalized spacial score (nSPS) is 47.7. The molecular formula is C24H44O16. The van der Waals surface area contributed by atoms with Gasteiger partial charge >= 0.3 is 0 Å². The number of rotatable bonds is 10. The Morgan fingerprint density at radius 3 is 1.73 bits per heavy atom.